The lowest BCUT2D eigenvalue weighted by atomic mass is 10.2. The molecule has 0 aromatic heterocycles. The van der Waals surface area contributed by atoms with Crippen molar-refractivity contribution in [2.75, 3.05) is 0 Å². The molecule has 0 aromatic carbocycles. The second-order valence-electron chi connectivity index (χ2n) is 0.960. The molecule has 0 radical (unpaired) electrons. The Kier molecular flexibility index (Phi) is 0.642. The summed E-state index contributed by atoms with van der Waals surface area (Å²) in [6, 6.07) is -2.04. The van der Waals surface area contributed by atoms with E-state index >= 15 is 0 Å². The summed E-state index contributed by atoms with van der Waals surface area (Å²) in [7, 11) is 0. The van der Waals surface area contributed by atoms with Crippen LogP contribution in [0, 0.1) is 0 Å². The van der Waals surface area contributed by atoms with Gasteiger partial charge in [0.1, 0.15) is 6.04 Å². The molecule has 7 heavy (non-hydrogen) atoms. The molecule has 0 saturated carbocycles. The van der Waals surface area contributed by atoms with Crippen molar-refractivity contribution in [3.8, 4) is 0 Å². The molecule has 0 spiro atoms. The number of aliphatic carboxylic acids is 1. The van der Waals surface area contributed by atoms with Crippen LogP contribution >= 0.6 is 0 Å². The van der Waals surface area contributed by atoms with Crippen molar-refractivity contribution >= 4 is 5.97 Å². The number of rotatable bonds is 2. The Labute approximate surface area is 49.2 Å². The minimum atomic E-state index is -3.02. The van der Waals surface area contributed by atoms with E-state index in [9.17, 15) is 4.79 Å². The van der Waals surface area contributed by atoms with E-state index in [1.807, 2.05) is 0 Å². The first-order valence-electron chi connectivity index (χ1n) is 4.09. The van der Waals surface area contributed by atoms with Crippen LogP contribution in [0.15, 0.2) is 0 Å². The summed E-state index contributed by atoms with van der Waals surface area (Å²) in [6.07, 6.45) is -2.90. The number of carboxylic acids is 1. The maximum atomic E-state index is 10.2. The van der Waals surface area contributed by atoms with Gasteiger partial charge in [0, 0.05) is 6.85 Å². The molecule has 1 unspecified atom stereocenters. The second-order valence-corrected chi connectivity index (χ2v) is 0.960. The van der Waals surface area contributed by atoms with Crippen molar-refractivity contribution in [3.05, 3.63) is 0 Å². The molecule has 0 heterocycles. The molecule has 0 aliphatic heterocycles. The highest BCUT2D eigenvalue weighted by Crippen LogP contribution is 1.82. The minimum Gasteiger partial charge on any atom is -0.480 e. The minimum absolute atomic E-state index is 1.67. The quantitative estimate of drug-likeness (QED) is 0.515. The maximum Gasteiger partial charge on any atom is 0.320 e. The van der Waals surface area contributed by atoms with E-state index in [0.29, 0.717) is 0 Å². The molecule has 0 aromatic rings. The number of hydrogen-bond acceptors (Lipinski definition) is 2. The average Bonchev–Trinajstić information content (AvgIpc) is 1.83. The van der Waals surface area contributed by atoms with Crippen molar-refractivity contribution < 1.29 is 16.8 Å². The highest BCUT2D eigenvalue weighted by atomic mass is 16.4. The summed E-state index contributed by atoms with van der Waals surface area (Å²) in [5, 5.41) is 8.27. The molecule has 3 N–H and O–H groups in total. The summed E-state index contributed by atoms with van der Waals surface area (Å²) >= 11 is 0. The van der Waals surface area contributed by atoms with E-state index in [1.165, 1.54) is 0 Å². The van der Waals surface area contributed by atoms with E-state index in [2.05, 4.69) is 0 Å². The predicted molar refractivity (Wildman–Crippen MR) is 25.9 cm³/mol. The maximum absolute atomic E-state index is 10.2. The second kappa shape index (κ2) is 2.58. The number of carbonyl (C=O) groups is 1. The van der Waals surface area contributed by atoms with Crippen molar-refractivity contribution in [2.45, 2.75) is 19.3 Å². The Balaban J connectivity index is 4.73. The molecule has 42 valence electrons. The van der Waals surface area contributed by atoms with Crippen LogP contribution < -0.4 is 5.73 Å². The summed E-state index contributed by atoms with van der Waals surface area (Å²) in [5.41, 5.74) is 4.85. The lowest BCUT2D eigenvalue weighted by Crippen LogP contribution is -2.28. The van der Waals surface area contributed by atoms with Gasteiger partial charge in [0.15, 0.2) is 0 Å². The van der Waals surface area contributed by atoms with Gasteiger partial charge in [-0.3, -0.25) is 4.79 Å². The molecule has 0 rings (SSSR count). The van der Waals surface area contributed by atoms with Gasteiger partial charge in [-0.05, 0) is 6.37 Å². The lowest BCUT2D eigenvalue weighted by Gasteiger charge is -1.97. The van der Waals surface area contributed by atoms with E-state index in [1.54, 1.807) is 0 Å². The average molecular weight is 108 g/mol. The number of carboxylic acid groups (broad SMARTS) is 1. The van der Waals surface area contributed by atoms with Crippen LogP contribution in [0.3, 0.4) is 0 Å². The van der Waals surface area contributed by atoms with Gasteiger partial charge in [0.2, 0.25) is 0 Å². The molecule has 0 amide bonds. The predicted octanol–water partition coefficient (Wildman–Crippen LogP) is -0.192. The molecule has 0 fully saturated rings. The molecule has 3 heteroatoms. The van der Waals surface area contributed by atoms with Gasteiger partial charge in [0.25, 0.3) is 0 Å². The van der Waals surface area contributed by atoms with Crippen molar-refractivity contribution in [2.24, 2.45) is 5.73 Å². The third-order valence-electron chi connectivity index (χ3n) is 0.422. The highest BCUT2D eigenvalue weighted by Gasteiger charge is 2.05. The number of hydrogen-bond donors (Lipinski definition) is 2. The normalized spacial score (nSPS) is 27.9. The highest BCUT2D eigenvalue weighted by molar-refractivity contribution is 5.72. The molecule has 0 aliphatic rings. The topological polar surface area (TPSA) is 63.3 Å². The van der Waals surface area contributed by atoms with Crippen LogP contribution in [-0.2, 0) is 4.79 Å². The van der Waals surface area contributed by atoms with Gasteiger partial charge in [-0.25, -0.2) is 0 Å². The van der Waals surface area contributed by atoms with Gasteiger partial charge in [0.05, 0.1) is 0 Å². The summed E-state index contributed by atoms with van der Waals surface area (Å²) in [6.45, 7) is -3.02. The van der Waals surface area contributed by atoms with Crippen LogP contribution in [0.25, 0.3) is 0 Å². The Hall–Kier alpha value is -0.570. The van der Waals surface area contributed by atoms with Crippen LogP contribution in [0.2, 0.25) is 0 Å². The lowest BCUT2D eigenvalue weighted by molar-refractivity contribution is -0.138. The van der Waals surface area contributed by atoms with Crippen LogP contribution in [0.5, 0.6) is 0 Å². The largest absolute Gasteiger partial charge is 0.480 e. The molecule has 0 saturated heterocycles. The van der Waals surface area contributed by atoms with Gasteiger partial charge in [-0.2, -0.15) is 0 Å². The molecule has 0 aliphatic carbocycles. The van der Waals surface area contributed by atoms with E-state index in [0.717, 1.165) is 0 Å². The van der Waals surface area contributed by atoms with E-state index in [-0.39, 0.29) is 0 Å². The summed E-state index contributed by atoms with van der Waals surface area (Å²) < 4.78 is 33.8. The van der Waals surface area contributed by atoms with Crippen LogP contribution in [0.4, 0.5) is 0 Å². The number of nitrogens with two attached hydrogens (primary N) is 1. The van der Waals surface area contributed by atoms with Gasteiger partial charge in [-0.15, -0.1) is 0 Å². The molecular weight excluding hydrogens is 94.0 g/mol. The fourth-order valence-electron chi connectivity index (χ4n) is 0.0617. The van der Waals surface area contributed by atoms with Crippen LogP contribution in [0.1, 0.15) is 20.1 Å². The third-order valence-corrected chi connectivity index (χ3v) is 0.422. The Bertz CT molecular complexity index is 188. The van der Waals surface area contributed by atoms with Crippen molar-refractivity contribution in [1.29, 1.82) is 0 Å². The van der Waals surface area contributed by atoms with Crippen molar-refractivity contribution in [1.82, 2.24) is 0 Å². The first kappa shape index (κ1) is 1.74. The molecule has 0 bridgehead atoms. The molecule has 1 atom stereocenters. The van der Waals surface area contributed by atoms with Gasteiger partial charge in [-0.1, -0.05) is 6.85 Å². The van der Waals surface area contributed by atoms with E-state index in [4.69, 9.17) is 17.7 Å². The zero-order valence-electron chi connectivity index (χ0n) is 8.51. The fourth-order valence-corrected chi connectivity index (χ4v) is 0.0617. The fraction of sp³-hybridized carbons (Fsp3) is 0.750. The molecule has 3 nitrogen and oxygen atoms in total. The first-order chi connectivity index (χ1) is 5.10. The van der Waals surface area contributed by atoms with Gasteiger partial charge >= 0.3 is 5.97 Å². The van der Waals surface area contributed by atoms with Gasteiger partial charge < -0.3 is 10.8 Å². The molecular formula is C4H9NO2. The third kappa shape index (κ3) is 2.17. The summed E-state index contributed by atoms with van der Waals surface area (Å²) in [5.74, 6) is -1.67. The Morgan fingerprint density at radius 3 is 3.14 bits per heavy atom. The smallest absolute Gasteiger partial charge is 0.320 e. The SMILES string of the molecule is [2H]C([2H])([2H])C([2H])([2H])C(N)C(=O)O. The monoisotopic (exact) mass is 108 g/mol. The summed E-state index contributed by atoms with van der Waals surface area (Å²) in [4.78, 5) is 10.2. The van der Waals surface area contributed by atoms with Crippen molar-refractivity contribution in [3.63, 3.8) is 0 Å². The van der Waals surface area contributed by atoms with Crippen LogP contribution in [-0.4, -0.2) is 17.1 Å². The zero-order valence-corrected chi connectivity index (χ0v) is 3.51. The Morgan fingerprint density at radius 2 is 3.00 bits per heavy atom. The first-order valence-corrected chi connectivity index (χ1v) is 1.59. The zero-order chi connectivity index (χ0) is 10.2. The Morgan fingerprint density at radius 1 is 2.43 bits per heavy atom. The standard InChI is InChI=1S/C4H9NO2/c1-2-3(5)4(6)7/h3H,2,5H2,1H3,(H,6,7)/i1D3,2D2. The van der Waals surface area contributed by atoms with E-state index < -0.39 is 25.2 Å².